The van der Waals surface area contributed by atoms with Gasteiger partial charge in [0.1, 0.15) is 0 Å². The number of amides is 1. The first-order valence-corrected chi connectivity index (χ1v) is 6.17. The van der Waals surface area contributed by atoms with Gasteiger partial charge in [0.25, 0.3) is 5.91 Å². The topological polar surface area (TPSA) is 72.4 Å². The summed E-state index contributed by atoms with van der Waals surface area (Å²) < 4.78 is 5.01. The molecular weight excluding hydrogens is 242 g/mol. The fourth-order valence-corrected chi connectivity index (χ4v) is 1.83. The molecule has 0 saturated carbocycles. The van der Waals surface area contributed by atoms with Gasteiger partial charge in [-0.2, -0.15) is 0 Å². The van der Waals surface area contributed by atoms with Crippen LogP contribution in [0.3, 0.4) is 0 Å². The van der Waals surface area contributed by atoms with E-state index in [1.54, 1.807) is 17.9 Å². The van der Waals surface area contributed by atoms with E-state index >= 15 is 0 Å². The van der Waals surface area contributed by atoms with Crippen LogP contribution < -0.4 is 5.73 Å². The average molecular weight is 259 g/mol. The van der Waals surface area contributed by atoms with Gasteiger partial charge in [-0.05, 0) is 12.5 Å². The number of nitrogens with two attached hydrogens (primary N) is 1. The van der Waals surface area contributed by atoms with Crippen molar-refractivity contribution in [3.05, 3.63) is 53.4 Å². The van der Waals surface area contributed by atoms with Crippen molar-refractivity contribution in [3.8, 4) is 0 Å². The molecule has 1 heterocycles. The van der Waals surface area contributed by atoms with Crippen LogP contribution in [0.2, 0.25) is 0 Å². The normalized spacial score (nSPS) is 10.4. The van der Waals surface area contributed by atoms with E-state index in [0.29, 0.717) is 25.3 Å². The van der Waals surface area contributed by atoms with Crippen LogP contribution in [0.15, 0.2) is 40.9 Å². The van der Waals surface area contributed by atoms with E-state index in [2.05, 4.69) is 5.16 Å². The highest BCUT2D eigenvalue weighted by atomic mass is 16.5. The molecule has 100 valence electrons. The minimum Gasteiger partial charge on any atom is -0.351 e. The predicted molar refractivity (Wildman–Crippen MR) is 71.5 cm³/mol. The maximum absolute atomic E-state index is 12.3. The van der Waals surface area contributed by atoms with E-state index in [1.807, 2.05) is 30.3 Å². The highest BCUT2D eigenvalue weighted by Gasteiger charge is 2.19. The number of nitrogens with zero attached hydrogens (tertiary/aromatic N) is 2. The minimum atomic E-state index is -0.185. The van der Waals surface area contributed by atoms with Gasteiger partial charge < -0.3 is 15.2 Å². The number of hydrogen-bond acceptors (Lipinski definition) is 4. The Balaban J connectivity index is 2.13. The Morgan fingerprint density at radius 1 is 1.37 bits per heavy atom. The zero-order chi connectivity index (χ0) is 13.7. The van der Waals surface area contributed by atoms with Crippen molar-refractivity contribution in [1.29, 1.82) is 0 Å². The van der Waals surface area contributed by atoms with Crippen LogP contribution in [-0.2, 0) is 6.54 Å². The summed E-state index contributed by atoms with van der Waals surface area (Å²) in [7, 11) is 0. The maximum Gasteiger partial charge on any atom is 0.292 e. The third kappa shape index (κ3) is 3.42. The predicted octanol–water partition coefficient (Wildman–Crippen LogP) is 1.58. The molecule has 0 unspecified atom stereocenters. The molecule has 0 spiro atoms. The largest absolute Gasteiger partial charge is 0.351 e. The Morgan fingerprint density at radius 3 is 2.68 bits per heavy atom. The molecule has 0 aliphatic rings. The van der Waals surface area contributed by atoms with Crippen molar-refractivity contribution in [2.45, 2.75) is 13.5 Å². The Morgan fingerprint density at radius 2 is 2.11 bits per heavy atom. The van der Waals surface area contributed by atoms with Gasteiger partial charge in [-0.1, -0.05) is 35.5 Å². The summed E-state index contributed by atoms with van der Waals surface area (Å²) in [6, 6.07) is 11.4. The molecule has 2 N–H and O–H groups in total. The Kier molecular flexibility index (Phi) is 4.30. The third-order valence-corrected chi connectivity index (χ3v) is 2.74. The second kappa shape index (κ2) is 6.15. The molecule has 5 nitrogen and oxygen atoms in total. The highest BCUT2D eigenvalue weighted by molar-refractivity contribution is 5.91. The molecule has 2 rings (SSSR count). The first kappa shape index (κ1) is 13.3. The van der Waals surface area contributed by atoms with Gasteiger partial charge in [-0.25, -0.2) is 0 Å². The molecule has 0 bridgehead atoms. The Labute approximate surface area is 112 Å². The second-order valence-corrected chi connectivity index (χ2v) is 4.33. The Hall–Kier alpha value is -2.14. The fourth-order valence-electron chi connectivity index (χ4n) is 1.83. The summed E-state index contributed by atoms with van der Waals surface area (Å²) in [5.74, 6) is 0.0665. The first-order valence-electron chi connectivity index (χ1n) is 6.17. The van der Waals surface area contributed by atoms with Gasteiger partial charge in [0.15, 0.2) is 0 Å². The van der Waals surface area contributed by atoms with E-state index in [-0.39, 0.29) is 11.7 Å². The molecule has 0 atom stereocenters. The number of aromatic nitrogens is 1. The number of benzene rings is 1. The van der Waals surface area contributed by atoms with Crippen molar-refractivity contribution in [1.82, 2.24) is 10.1 Å². The van der Waals surface area contributed by atoms with E-state index in [1.165, 1.54) is 0 Å². The standard InChI is InChI=1S/C14H17N3O2/c1-11-9-13(19-16-11)14(18)17(8-7-15)10-12-5-3-2-4-6-12/h2-6,9H,7-8,10,15H2,1H3. The molecule has 1 amide bonds. The zero-order valence-corrected chi connectivity index (χ0v) is 10.9. The van der Waals surface area contributed by atoms with Crippen LogP contribution in [0.5, 0.6) is 0 Å². The van der Waals surface area contributed by atoms with Crippen molar-refractivity contribution >= 4 is 5.91 Å². The molecule has 5 heteroatoms. The molecule has 0 aliphatic carbocycles. The summed E-state index contributed by atoms with van der Waals surface area (Å²) in [6.07, 6.45) is 0. The second-order valence-electron chi connectivity index (χ2n) is 4.33. The lowest BCUT2D eigenvalue weighted by Gasteiger charge is -2.20. The van der Waals surface area contributed by atoms with Crippen molar-refractivity contribution in [3.63, 3.8) is 0 Å². The third-order valence-electron chi connectivity index (χ3n) is 2.74. The minimum absolute atomic E-state index is 0.185. The van der Waals surface area contributed by atoms with E-state index in [0.717, 1.165) is 5.56 Å². The molecule has 0 saturated heterocycles. The van der Waals surface area contributed by atoms with E-state index in [9.17, 15) is 4.79 Å². The van der Waals surface area contributed by atoms with Gasteiger partial charge in [0.2, 0.25) is 5.76 Å². The van der Waals surface area contributed by atoms with Crippen LogP contribution in [0.4, 0.5) is 0 Å². The number of carbonyl (C=O) groups is 1. The molecule has 1 aromatic heterocycles. The Bertz CT molecular complexity index is 537. The van der Waals surface area contributed by atoms with Crippen LogP contribution >= 0.6 is 0 Å². The molecular formula is C14H17N3O2. The lowest BCUT2D eigenvalue weighted by atomic mass is 10.2. The maximum atomic E-state index is 12.3. The number of rotatable bonds is 5. The number of aryl methyl sites for hydroxylation is 1. The summed E-state index contributed by atoms with van der Waals surface area (Å²) in [6.45, 7) is 3.18. The molecule has 2 aromatic rings. The van der Waals surface area contributed by atoms with Gasteiger partial charge in [-0.15, -0.1) is 0 Å². The lowest BCUT2D eigenvalue weighted by Crippen LogP contribution is -2.34. The molecule has 0 aliphatic heterocycles. The number of carbonyl (C=O) groups excluding carboxylic acids is 1. The van der Waals surface area contributed by atoms with E-state index < -0.39 is 0 Å². The quantitative estimate of drug-likeness (QED) is 0.885. The van der Waals surface area contributed by atoms with Gasteiger partial charge >= 0.3 is 0 Å². The zero-order valence-electron chi connectivity index (χ0n) is 10.9. The van der Waals surface area contributed by atoms with Crippen LogP contribution in [0.1, 0.15) is 21.8 Å². The summed E-state index contributed by atoms with van der Waals surface area (Å²) in [5.41, 5.74) is 7.31. The lowest BCUT2D eigenvalue weighted by molar-refractivity contribution is 0.0706. The summed E-state index contributed by atoms with van der Waals surface area (Å²) in [4.78, 5) is 14.0. The first-order chi connectivity index (χ1) is 9.20. The smallest absolute Gasteiger partial charge is 0.292 e. The van der Waals surface area contributed by atoms with Crippen molar-refractivity contribution < 1.29 is 9.32 Å². The van der Waals surface area contributed by atoms with Gasteiger partial charge in [-0.3, -0.25) is 4.79 Å². The van der Waals surface area contributed by atoms with Gasteiger partial charge in [0, 0.05) is 25.7 Å². The molecule has 0 fully saturated rings. The van der Waals surface area contributed by atoms with Gasteiger partial charge in [0.05, 0.1) is 5.69 Å². The van der Waals surface area contributed by atoms with Crippen LogP contribution in [0, 0.1) is 6.92 Å². The van der Waals surface area contributed by atoms with Crippen LogP contribution in [0.25, 0.3) is 0 Å². The highest BCUT2D eigenvalue weighted by Crippen LogP contribution is 2.10. The van der Waals surface area contributed by atoms with E-state index in [4.69, 9.17) is 10.3 Å². The monoisotopic (exact) mass is 259 g/mol. The number of hydrogen-bond donors (Lipinski definition) is 1. The SMILES string of the molecule is Cc1cc(C(=O)N(CCN)Cc2ccccc2)on1. The summed E-state index contributed by atoms with van der Waals surface area (Å²) in [5, 5.41) is 3.73. The fraction of sp³-hybridized carbons (Fsp3) is 0.286. The van der Waals surface area contributed by atoms with Crippen molar-refractivity contribution in [2.24, 2.45) is 5.73 Å². The van der Waals surface area contributed by atoms with Crippen LogP contribution in [-0.4, -0.2) is 29.1 Å². The molecule has 0 radical (unpaired) electrons. The average Bonchev–Trinajstić information content (AvgIpc) is 2.85. The molecule has 1 aromatic carbocycles. The molecule has 19 heavy (non-hydrogen) atoms. The van der Waals surface area contributed by atoms with Crippen molar-refractivity contribution in [2.75, 3.05) is 13.1 Å². The summed E-state index contributed by atoms with van der Waals surface area (Å²) >= 11 is 0.